The number of fused-ring (bicyclic) bond motifs is 1. The Labute approximate surface area is 227 Å². The molecular formula is C29H46N2O5S. The molecule has 3 aliphatic rings. The summed E-state index contributed by atoms with van der Waals surface area (Å²) < 4.78 is 5.02. The van der Waals surface area contributed by atoms with Crippen LogP contribution in [-0.4, -0.2) is 80.6 Å². The van der Waals surface area contributed by atoms with E-state index in [0.717, 1.165) is 38.5 Å². The number of likely N-dealkylation sites (tertiary alicyclic amines) is 1. The molecule has 37 heavy (non-hydrogen) atoms. The highest BCUT2D eigenvalue weighted by molar-refractivity contribution is 8.02. The third kappa shape index (κ3) is 5.65. The fourth-order valence-corrected chi connectivity index (χ4v) is 8.93. The van der Waals surface area contributed by atoms with Crippen LogP contribution in [0.3, 0.4) is 0 Å². The number of carbonyl (C=O) groups is 3. The first kappa shape index (κ1) is 29.8. The Bertz CT molecular complexity index is 871. The van der Waals surface area contributed by atoms with Gasteiger partial charge in [-0.3, -0.25) is 14.4 Å². The van der Waals surface area contributed by atoms with Crippen molar-refractivity contribution in [1.82, 2.24) is 9.80 Å². The summed E-state index contributed by atoms with van der Waals surface area (Å²) in [6.45, 7) is 17.1. The molecule has 3 aliphatic heterocycles. The van der Waals surface area contributed by atoms with Gasteiger partial charge in [-0.2, -0.15) is 0 Å². The van der Waals surface area contributed by atoms with Gasteiger partial charge >= 0.3 is 5.97 Å². The Morgan fingerprint density at radius 3 is 2.51 bits per heavy atom. The maximum absolute atomic E-state index is 14.4. The number of hydrogen-bond donors (Lipinski definition) is 1. The molecular weight excluding hydrogens is 488 g/mol. The minimum atomic E-state index is -0.639. The van der Waals surface area contributed by atoms with E-state index in [0.29, 0.717) is 26.1 Å². The lowest BCUT2D eigenvalue weighted by Gasteiger charge is -2.44. The van der Waals surface area contributed by atoms with Crippen LogP contribution in [0.5, 0.6) is 0 Å². The number of rotatable bonds is 14. The molecule has 2 bridgehead atoms. The van der Waals surface area contributed by atoms with E-state index < -0.39 is 28.2 Å². The number of unbranched alkanes of at least 4 members (excludes halogenated alkanes) is 4. The van der Waals surface area contributed by atoms with Gasteiger partial charge in [-0.25, -0.2) is 0 Å². The van der Waals surface area contributed by atoms with Crippen LogP contribution in [0.1, 0.15) is 72.6 Å². The molecule has 3 saturated heterocycles. The molecule has 8 heteroatoms. The monoisotopic (exact) mass is 534 g/mol. The fraction of sp³-hybridized carbons (Fsp3) is 0.759. The molecule has 208 valence electrons. The minimum Gasteiger partial charge on any atom is -0.465 e. The number of amides is 2. The average Bonchev–Trinajstić information content (AvgIpc) is 3.42. The molecule has 3 heterocycles. The molecule has 0 saturated carbocycles. The van der Waals surface area contributed by atoms with Gasteiger partial charge < -0.3 is 19.6 Å². The molecule has 0 aliphatic carbocycles. The number of thioether (sulfide) groups is 1. The van der Waals surface area contributed by atoms with Crippen molar-refractivity contribution in [3.63, 3.8) is 0 Å². The summed E-state index contributed by atoms with van der Waals surface area (Å²) in [5.74, 6) is -1.38. The number of hydrogen-bond acceptors (Lipinski definition) is 6. The Hall–Kier alpha value is -1.80. The van der Waals surface area contributed by atoms with Crippen LogP contribution >= 0.6 is 11.8 Å². The zero-order valence-electron chi connectivity index (χ0n) is 23.1. The molecule has 7 nitrogen and oxygen atoms in total. The van der Waals surface area contributed by atoms with Gasteiger partial charge in [0.15, 0.2) is 0 Å². The first-order valence-corrected chi connectivity index (χ1v) is 14.7. The van der Waals surface area contributed by atoms with E-state index in [-0.39, 0.29) is 35.6 Å². The molecule has 6 atom stereocenters. The van der Waals surface area contributed by atoms with Crippen molar-refractivity contribution in [2.24, 2.45) is 17.8 Å². The Balaban J connectivity index is 1.96. The summed E-state index contributed by atoms with van der Waals surface area (Å²) in [6.07, 6.45) is 9.06. The van der Waals surface area contributed by atoms with Gasteiger partial charge in [-0.1, -0.05) is 31.9 Å². The zero-order valence-corrected chi connectivity index (χ0v) is 23.9. The van der Waals surface area contributed by atoms with Crippen LogP contribution in [-0.2, 0) is 19.1 Å². The summed E-state index contributed by atoms with van der Waals surface area (Å²) in [5, 5.41) is 9.12. The molecule has 2 amide bonds. The first-order valence-electron chi connectivity index (χ1n) is 13.8. The summed E-state index contributed by atoms with van der Waals surface area (Å²) in [4.78, 5) is 45.5. The average molecular weight is 535 g/mol. The Morgan fingerprint density at radius 2 is 1.89 bits per heavy atom. The highest BCUT2D eigenvalue weighted by Gasteiger charge is 2.76. The van der Waals surface area contributed by atoms with Gasteiger partial charge in [0.05, 0.1) is 23.2 Å². The highest BCUT2D eigenvalue weighted by atomic mass is 32.2. The summed E-state index contributed by atoms with van der Waals surface area (Å²) in [6, 6.07) is -0.620. The second kappa shape index (κ2) is 12.4. The van der Waals surface area contributed by atoms with Crippen LogP contribution in [0.2, 0.25) is 0 Å². The predicted octanol–water partition coefficient (Wildman–Crippen LogP) is 4.20. The predicted molar refractivity (Wildman–Crippen MR) is 148 cm³/mol. The third-order valence-corrected chi connectivity index (χ3v) is 10.3. The van der Waals surface area contributed by atoms with Crippen LogP contribution in [0, 0.1) is 17.8 Å². The molecule has 1 N–H and O–H groups in total. The SMILES string of the molecule is C=CCCCOC(=O)[C@@H]1[C@@H]2CC(C)C3(S2)C(C(=O)N(CC=C)C(C)(C)C)N(CCCCCCO)C(=O)[C@H]13. The van der Waals surface area contributed by atoms with E-state index in [1.165, 1.54) is 0 Å². The number of esters is 1. The molecule has 0 aromatic heterocycles. The van der Waals surface area contributed by atoms with Crippen molar-refractivity contribution in [3.05, 3.63) is 25.3 Å². The van der Waals surface area contributed by atoms with Crippen LogP contribution in [0.25, 0.3) is 0 Å². The topological polar surface area (TPSA) is 87.2 Å². The normalized spacial score (nSPS) is 30.4. The molecule has 3 rings (SSSR count). The number of nitrogens with zero attached hydrogens (tertiary/aromatic N) is 2. The quantitative estimate of drug-likeness (QED) is 0.204. The summed E-state index contributed by atoms with van der Waals surface area (Å²) in [7, 11) is 0. The van der Waals surface area contributed by atoms with Crippen LogP contribution < -0.4 is 0 Å². The van der Waals surface area contributed by atoms with Crippen molar-refractivity contribution >= 4 is 29.5 Å². The lowest BCUT2D eigenvalue weighted by Crippen LogP contribution is -2.60. The molecule has 3 fully saturated rings. The highest BCUT2D eigenvalue weighted by Crippen LogP contribution is 2.68. The van der Waals surface area contributed by atoms with Gasteiger partial charge in [-0.15, -0.1) is 24.9 Å². The first-order chi connectivity index (χ1) is 17.6. The standard InChI is InChI=1S/C29H46N2O5S/c1-7-9-14-18-36-27(35)22-21-19-20(3)29(37-21)23(22)25(33)30(16-12-10-11-13-17-32)24(29)26(34)31(15-8-2)28(4,5)6/h7-8,20-24,32H,1-2,9-19H2,3-6H3/t20?,21-,22+,23-,24?,29?/m0/s1. The van der Waals surface area contributed by atoms with E-state index in [1.54, 1.807) is 28.8 Å². The third-order valence-electron chi connectivity index (χ3n) is 8.24. The molecule has 0 radical (unpaired) electrons. The maximum atomic E-state index is 14.4. The maximum Gasteiger partial charge on any atom is 0.310 e. The lowest BCUT2D eigenvalue weighted by atomic mass is 9.66. The van der Waals surface area contributed by atoms with Crippen molar-refractivity contribution in [3.8, 4) is 0 Å². The zero-order chi connectivity index (χ0) is 27.4. The largest absolute Gasteiger partial charge is 0.465 e. The van der Waals surface area contributed by atoms with E-state index >= 15 is 0 Å². The molecule has 0 aromatic carbocycles. The van der Waals surface area contributed by atoms with Gasteiger partial charge in [0, 0.05) is 30.5 Å². The van der Waals surface area contributed by atoms with E-state index in [1.807, 2.05) is 25.7 Å². The van der Waals surface area contributed by atoms with Crippen LogP contribution in [0.15, 0.2) is 25.3 Å². The van der Waals surface area contributed by atoms with Crippen molar-refractivity contribution < 1.29 is 24.2 Å². The second-order valence-corrected chi connectivity index (χ2v) is 13.3. The smallest absolute Gasteiger partial charge is 0.310 e. The Kier molecular flexibility index (Phi) is 9.95. The molecule has 1 spiro atoms. The number of aliphatic hydroxyl groups is 1. The second-order valence-electron chi connectivity index (χ2n) is 11.7. The van der Waals surface area contributed by atoms with Crippen molar-refractivity contribution in [2.45, 2.75) is 94.2 Å². The Morgan fingerprint density at radius 1 is 1.19 bits per heavy atom. The molecule has 0 aromatic rings. The molecule has 3 unspecified atom stereocenters. The lowest BCUT2D eigenvalue weighted by molar-refractivity contribution is -0.154. The van der Waals surface area contributed by atoms with Crippen LogP contribution in [0.4, 0.5) is 0 Å². The van der Waals surface area contributed by atoms with E-state index in [4.69, 9.17) is 9.84 Å². The van der Waals surface area contributed by atoms with Crippen molar-refractivity contribution in [1.29, 1.82) is 0 Å². The number of carbonyl (C=O) groups excluding carboxylic acids is 3. The van der Waals surface area contributed by atoms with Gasteiger partial charge in [0.2, 0.25) is 11.8 Å². The minimum absolute atomic E-state index is 0.0136. The summed E-state index contributed by atoms with van der Waals surface area (Å²) >= 11 is 1.69. The van der Waals surface area contributed by atoms with Gasteiger partial charge in [-0.05, 0) is 58.8 Å². The summed E-state index contributed by atoms with van der Waals surface area (Å²) in [5.41, 5.74) is -0.441. The van der Waals surface area contributed by atoms with Crippen molar-refractivity contribution in [2.75, 3.05) is 26.3 Å². The number of aliphatic hydroxyl groups excluding tert-OH is 1. The van der Waals surface area contributed by atoms with E-state index in [9.17, 15) is 14.4 Å². The number of ether oxygens (including phenoxy) is 1. The fourth-order valence-electron chi connectivity index (χ4n) is 6.52. The number of allylic oxidation sites excluding steroid dienone is 1. The van der Waals surface area contributed by atoms with E-state index in [2.05, 4.69) is 20.1 Å². The van der Waals surface area contributed by atoms with Gasteiger partial charge in [0.1, 0.15) is 6.04 Å². The van der Waals surface area contributed by atoms with Gasteiger partial charge in [0.25, 0.3) is 0 Å².